The van der Waals surface area contributed by atoms with E-state index < -0.39 is 0 Å². The van der Waals surface area contributed by atoms with Crippen molar-refractivity contribution in [1.29, 1.82) is 0 Å². The molecule has 1 N–H and O–H groups in total. The number of methoxy groups -OCH3 is 1. The quantitative estimate of drug-likeness (QED) is 0.702. The van der Waals surface area contributed by atoms with Crippen molar-refractivity contribution in [3.63, 3.8) is 0 Å². The Bertz CT molecular complexity index is 163. The fourth-order valence-electron chi connectivity index (χ4n) is 1.92. The molecule has 3 nitrogen and oxygen atoms in total. The highest BCUT2D eigenvalue weighted by molar-refractivity contribution is 5.76. The highest BCUT2D eigenvalue weighted by Crippen LogP contribution is 2.17. The number of nitrogens with one attached hydrogen (secondary N) is 1. The van der Waals surface area contributed by atoms with E-state index in [2.05, 4.69) is 5.32 Å². The van der Waals surface area contributed by atoms with Crippen LogP contribution in [0.4, 0.5) is 0 Å². The Kier molecular flexibility index (Phi) is 5.60. The lowest BCUT2D eigenvalue weighted by Crippen LogP contribution is -2.34. The number of ether oxygens (including phenoxy) is 1. The van der Waals surface area contributed by atoms with Crippen LogP contribution in [0.1, 0.15) is 44.9 Å². The Morgan fingerprint density at radius 2 is 1.93 bits per heavy atom. The van der Waals surface area contributed by atoms with E-state index in [1.54, 1.807) is 7.11 Å². The standard InChI is InChI=1S/C11H21NO2/c1-14-9-8-11(13)12-10-6-4-2-3-5-7-10/h10H,2-9H2,1H3,(H,12,13). The molecule has 0 bridgehead atoms. The number of carbonyl (C=O) groups excluding carboxylic acids is 1. The third-order valence-corrected chi connectivity index (χ3v) is 2.75. The lowest BCUT2D eigenvalue weighted by atomic mass is 10.1. The topological polar surface area (TPSA) is 38.3 Å². The minimum Gasteiger partial charge on any atom is -0.384 e. The molecule has 0 aliphatic heterocycles. The van der Waals surface area contributed by atoms with Gasteiger partial charge in [-0.05, 0) is 12.8 Å². The van der Waals surface area contributed by atoms with Crippen molar-refractivity contribution in [2.45, 2.75) is 51.0 Å². The number of carbonyl (C=O) groups is 1. The summed E-state index contributed by atoms with van der Waals surface area (Å²) in [5.74, 6) is 0.138. The van der Waals surface area contributed by atoms with Gasteiger partial charge in [0.05, 0.1) is 6.61 Å². The van der Waals surface area contributed by atoms with Crippen molar-refractivity contribution < 1.29 is 9.53 Å². The Morgan fingerprint density at radius 1 is 1.29 bits per heavy atom. The molecule has 0 radical (unpaired) electrons. The van der Waals surface area contributed by atoms with Gasteiger partial charge >= 0.3 is 0 Å². The number of rotatable bonds is 4. The molecule has 0 aromatic heterocycles. The van der Waals surface area contributed by atoms with Gasteiger partial charge in [-0.25, -0.2) is 0 Å². The molecule has 14 heavy (non-hydrogen) atoms. The van der Waals surface area contributed by atoms with Gasteiger partial charge in [-0.1, -0.05) is 25.7 Å². The fourth-order valence-corrected chi connectivity index (χ4v) is 1.92. The summed E-state index contributed by atoms with van der Waals surface area (Å²) in [6, 6.07) is 0.418. The maximum Gasteiger partial charge on any atom is 0.222 e. The fraction of sp³-hybridized carbons (Fsp3) is 0.909. The van der Waals surface area contributed by atoms with Crippen molar-refractivity contribution in [2.24, 2.45) is 0 Å². The Hall–Kier alpha value is -0.570. The molecule has 0 aromatic carbocycles. The van der Waals surface area contributed by atoms with E-state index in [9.17, 15) is 4.79 Å². The van der Waals surface area contributed by atoms with Gasteiger partial charge in [0.25, 0.3) is 0 Å². The SMILES string of the molecule is COCCC(=O)NC1CCCCCC1. The summed E-state index contributed by atoms with van der Waals surface area (Å²) in [5, 5.41) is 3.07. The third-order valence-electron chi connectivity index (χ3n) is 2.75. The lowest BCUT2D eigenvalue weighted by molar-refractivity contribution is -0.122. The number of hydrogen-bond donors (Lipinski definition) is 1. The summed E-state index contributed by atoms with van der Waals surface area (Å²) in [4.78, 5) is 11.4. The van der Waals surface area contributed by atoms with E-state index in [-0.39, 0.29) is 5.91 Å². The van der Waals surface area contributed by atoms with E-state index in [4.69, 9.17) is 4.74 Å². The zero-order valence-corrected chi connectivity index (χ0v) is 9.05. The largest absolute Gasteiger partial charge is 0.384 e. The number of hydrogen-bond acceptors (Lipinski definition) is 2. The second-order valence-electron chi connectivity index (χ2n) is 4.00. The predicted molar refractivity (Wildman–Crippen MR) is 56.1 cm³/mol. The maximum atomic E-state index is 11.4. The highest BCUT2D eigenvalue weighted by Gasteiger charge is 2.13. The average Bonchev–Trinajstić information content (AvgIpc) is 2.43. The molecule has 1 amide bonds. The molecular weight excluding hydrogens is 178 g/mol. The van der Waals surface area contributed by atoms with Crippen molar-refractivity contribution in [3.05, 3.63) is 0 Å². The van der Waals surface area contributed by atoms with Gasteiger partial charge in [0.2, 0.25) is 5.91 Å². The third kappa shape index (κ3) is 4.61. The second-order valence-corrected chi connectivity index (χ2v) is 4.00. The second kappa shape index (κ2) is 6.82. The van der Waals surface area contributed by atoms with Gasteiger partial charge < -0.3 is 10.1 Å². The first kappa shape index (κ1) is 11.5. The van der Waals surface area contributed by atoms with Crippen LogP contribution in [0.25, 0.3) is 0 Å². The molecule has 3 heteroatoms. The van der Waals surface area contributed by atoms with Crippen LogP contribution in [-0.2, 0) is 9.53 Å². The van der Waals surface area contributed by atoms with Crippen molar-refractivity contribution in [3.8, 4) is 0 Å². The summed E-state index contributed by atoms with van der Waals surface area (Å²) < 4.78 is 4.87. The summed E-state index contributed by atoms with van der Waals surface area (Å²) in [6.45, 7) is 0.526. The van der Waals surface area contributed by atoms with Crippen LogP contribution in [0.15, 0.2) is 0 Å². The molecule has 1 rings (SSSR count). The molecule has 1 fully saturated rings. The van der Waals surface area contributed by atoms with Gasteiger partial charge in [0.15, 0.2) is 0 Å². The summed E-state index contributed by atoms with van der Waals surface area (Å²) in [7, 11) is 1.62. The van der Waals surface area contributed by atoms with Gasteiger partial charge in [-0.3, -0.25) is 4.79 Å². The smallest absolute Gasteiger partial charge is 0.222 e. The molecule has 1 aliphatic carbocycles. The van der Waals surface area contributed by atoms with Crippen molar-refractivity contribution >= 4 is 5.91 Å². The summed E-state index contributed by atoms with van der Waals surface area (Å²) in [5.41, 5.74) is 0. The molecule has 0 atom stereocenters. The van der Waals surface area contributed by atoms with Crippen molar-refractivity contribution in [2.75, 3.05) is 13.7 Å². The molecule has 0 unspecified atom stereocenters. The first-order chi connectivity index (χ1) is 6.83. The molecule has 1 saturated carbocycles. The zero-order chi connectivity index (χ0) is 10.2. The van der Waals surface area contributed by atoms with E-state index in [1.165, 1.54) is 25.7 Å². The zero-order valence-electron chi connectivity index (χ0n) is 9.05. The van der Waals surface area contributed by atoms with E-state index >= 15 is 0 Å². The molecule has 0 heterocycles. The van der Waals surface area contributed by atoms with Crippen molar-refractivity contribution in [1.82, 2.24) is 5.32 Å². The maximum absolute atomic E-state index is 11.4. The van der Waals surface area contributed by atoms with Crippen LogP contribution >= 0.6 is 0 Å². The minimum atomic E-state index is 0.138. The Balaban J connectivity index is 2.17. The van der Waals surface area contributed by atoms with Crippen LogP contribution in [0.5, 0.6) is 0 Å². The monoisotopic (exact) mass is 199 g/mol. The molecule has 82 valence electrons. The van der Waals surface area contributed by atoms with Gasteiger partial charge in [0.1, 0.15) is 0 Å². The minimum absolute atomic E-state index is 0.138. The van der Waals surface area contributed by atoms with Crippen LogP contribution in [0, 0.1) is 0 Å². The van der Waals surface area contributed by atoms with Crippen LogP contribution in [0.3, 0.4) is 0 Å². The first-order valence-electron chi connectivity index (χ1n) is 5.61. The Morgan fingerprint density at radius 3 is 2.50 bits per heavy atom. The molecular formula is C11H21NO2. The normalized spacial score (nSPS) is 18.9. The Labute approximate surface area is 86.2 Å². The lowest BCUT2D eigenvalue weighted by Gasteiger charge is -2.15. The highest BCUT2D eigenvalue weighted by atomic mass is 16.5. The molecule has 0 spiro atoms. The van der Waals surface area contributed by atoms with Crippen LogP contribution < -0.4 is 5.32 Å². The number of amides is 1. The van der Waals surface area contributed by atoms with Gasteiger partial charge in [0, 0.05) is 19.6 Å². The summed E-state index contributed by atoms with van der Waals surface area (Å²) >= 11 is 0. The van der Waals surface area contributed by atoms with Gasteiger partial charge in [-0.2, -0.15) is 0 Å². The van der Waals surface area contributed by atoms with Gasteiger partial charge in [-0.15, -0.1) is 0 Å². The first-order valence-corrected chi connectivity index (χ1v) is 5.61. The molecule has 0 aromatic rings. The van der Waals surface area contributed by atoms with E-state index in [0.717, 1.165) is 12.8 Å². The van der Waals surface area contributed by atoms with E-state index in [0.29, 0.717) is 19.1 Å². The predicted octanol–water partition coefficient (Wildman–Crippen LogP) is 1.86. The van der Waals surface area contributed by atoms with Crippen LogP contribution in [0.2, 0.25) is 0 Å². The summed E-state index contributed by atoms with van der Waals surface area (Å²) in [6.07, 6.45) is 7.96. The van der Waals surface area contributed by atoms with E-state index in [1.807, 2.05) is 0 Å². The average molecular weight is 199 g/mol. The molecule has 0 saturated heterocycles. The molecule has 1 aliphatic rings. The van der Waals surface area contributed by atoms with Crippen LogP contribution in [-0.4, -0.2) is 25.7 Å².